The average molecular weight is 308 g/mol. The molecule has 3 nitrogen and oxygen atoms in total. The molecule has 2 rings (SSSR count). The summed E-state index contributed by atoms with van der Waals surface area (Å²) in [5.41, 5.74) is 7.47. The van der Waals surface area contributed by atoms with Gasteiger partial charge in [-0.3, -0.25) is 4.79 Å². The van der Waals surface area contributed by atoms with Gasteiger partial charge in [-0.2, -0.15) is 0 Å². The van der Waals surface area contributed by atoms with E-state index in [2.05, 4.69) is 0 Å². The summed E-state index contributed by atoms with van der Waals surface area (Å²) < 4.78 is 18.3. The molecule has 0 aliphatic heterocycles. The van der Waals surface area contributed by atoms with Crippen molar-refractivity contribution < 1.29 is 13.9 Å². The van der Waals surface area contributed by atoms with Gasteiger partial charge in [0.05, 0.1) is 5.92 Å². The van der Waals surface area contributed by atoms with Gasteiger partial charge in [-0.1, -0.05) is 23.7 Å². The van der Waals surface area contributed by atoms with E-state index in [1.807, 2.05) is 0 Å². The first-order valence-electron chi connectivity index (χ1n) is 6.43. The van der Waals surface area contributed by atoms with Gasteiger partial charge in [-0.25, -0.2) is 4.39 Å². The van der Waals surface area contributed by atoms with Crippen LogP contribution in [-0.2, 0) is 16.1 Å². The summed E-state index contributed by atoms with van der Waals surface area (Å²) in [6, 6.07) is 11.0. The number of carbonyl (C=O) groups is 1. The number of esters is 1. The molecule has 0 saturated carbocycles. The van der Waals surface area contributed by atoms with E-state index in [4.69, 9.17) is 22.1 Å². The number of nitrogens with two attached hydrogens (primary N) is 1. The van der Waals surface area contributed by atoms with Crippen molar-refractivity contribution in [2.45, 2.75) is 19.4 Å². The van der Waals surface area contributed by atoms with Crippen molar-refractivity contribution in [1.82, 2.24) is 0 Å². The summed E-state index contributed by atoms with van der Waals surface area (Å²) in [5.74, 6) is -1.30. The minimum atomic E-state index is -0.458. The maximum absolute atomic E-state index is 13.1. The summed E-state index contributed by atoms with van der Waals surface area (Å²) >= 11 is 5.92. The van der Waals surface area contributed by atoms with Gasteiger partial charge in [0.15, 0.2) is 0 Å². The summed E-state index contributed by atoms with van der Waals surface area (Å²) in [6.07, 6.45) is 0. The Bertz CT molecular complexity index is 660. The van der Waals surface area contributed by atoms with Crippen LogP contribution in [0.15, 0.2) is 42.5 Å². The Labute approximate surface area is 127 Å². The zero-order valence-electron chi connectivity index (χ0n) is 11.5. The SMILES string of the molecule is CC(C(=O)OCc1cc(F)ccc1Cl)c1cccc(N)c1. The summed E-state index contributed by atoms with van der Waals surface area (Å²) in [5, 5.41) is 0.362. The topological polar surface area (TPSA) is 52.3 Å². The molecule has 1 atom stereocenters. The molecular formula is C16H15ClFNO2. The summed E-state index contributed by atoms with van der Waals surface area (Å²) in [7, 11) is 0. The van der Waals surface area contributed by atoms with Crippen molar-refractivity contribution in [2.24, 2.45) is 0 Å². The summed E-state index contributed by atoms with van der Waals surface area (Å²) in [6.45, 7) is 1.66. The van der Waals surface area contributed by atoms with Crippen molar-refractivity contribution in [2.75, 3.05) is 5.73 Å². The zero-order chi connectivity index (χ0) is 15.4. The molecule has 0 spiro atoms. The normalized spacial score (nSPS) is 12.0. The predicted molar refractivity (Wildman–Crippen MR) is 80.5 cm³/mol. The van der Waals surface area contributed by atoms with E-state index >= 15 is 0 Å². The van der Waals surface area contributed by atoms with Gasteiger partial charge in [-0.15, -0.1) is 0 Å². The molecule has 0 amide bonds. The molecule has 1 unspecified atom stereocenters. The van der Waals surface area contributed by atoms with Crippen LogP contribution in [-0.4, -0.2) is 5.97 Å². The number of carbonyl (C=O) groups excluding carboxylic acids is 1. The first-order valence-corrected chi connectivity index (χ1v) is 6.81. The maximum atomic E-state index is 13.1. The van der Waals surface area contributed by atoms with Crippen LogP contribution in [0.4, 0.5) is 10.1 Å². The highest BCUT2D eigenvalue weighted by molar-refractivity contribution is 6.31. The van der Waals surface area contributed by atoms with Crippen LogP contribution in [0.5, 0.6) is 0 Å². The van der Waals surface area contributed by atoms with Crippen LogP contribution in [0.2, 0.25) is 5.02 Å². The molecule has 2 N–H and O–H groups in total. The number of benzene rings is 2. The lowest BCUT2D eigenvalue weighted by Gasteiger charge is -2.13. The summed E-state index contributed by atoms with van der Waals surface area (Å²) in [4.78, 5) is 12.0. The van der Waals surface area contributed by atoms with Gasteiger partial charge < -0.3 is 10.5 Å². The Kier molecular flexibility index (Phi) is 4.81. The highest BCUT2D eigenvalue weighted by Crippen LogP contribution is 2.22. The van der Waals surface area contributed by atoms with E-state index in [0.717, 1.165) is 5.56 Å². The number of hydrogen-bond acceptors (Lipinski definition) is 3. The van der Waals surface area contributed by atoms with Crippen molar-refractivity contribution in [3.63, 3.8) is 0 Å². The first kappa shape index (κ1) is 15.3. The van der Waals surface area contributed by atoms with E-state index in [1.165, 1.54) is 18.2 Å². The molecule has 0 aliphatic carbocycles. The third kappa shape index (κ3) is 3.95. The molecule has 0 fully saturated rings. The molecule has 2 aromatic carbocycles. The Morgan fingerprint density at radius 2 is 2.10 bits per heavy atom. The predicted octanol–water partition coefficient (Wildman–Crippen LogP) is 3.91. The molecule has 0 saturated heterocycles. The molecule has 0 heterocycles. The van der Waals surface area contributed by atoms with Crippen LogP contribution >= 0.6 is 11.6 Å². The fraction of sp³-hybridized carbons (Fsp3) is 0.188. The Hall–Kier alpha value is -2.07. The van der Waals surface area contributed by atoms with Crippen molar-refractivity contribution >= 4 is 23.3 Å². The third-order valence-corrected chi connectivity index (χ3v) is 3.51. The van der Waals surface area contributed by atoms with E-state index in [1.54, 1.807) is 31.2 Å². The van der Waals surface area contributed by atoms with Gasteiger partial charge in [0.2, 0.25) is 0 Å². The second kappa shape index (κ2) is 6.59. The minimum absolute atomic E-state index is 0.0674. The number of nitrogen functional groups attached to an aromatic ring is 1. The Morgan fingerprint density at radius 3 is 2.81 bits per heavy atom. The van der Waals surface area contributed by atoms with Crippen LogP contribution < -0.4 is 5.73 Å². The molecule has 5 heteroatoms. The molecule has 0 aromatic heterocycles. The second-order valence-electron chi connectivity index (χ2n) is 4.74. The molecule has 0 radical (unpaired) electrons. The fourth-order valence-corrected chi connectivity index (χ4v) is 2.06. The van der Waals surface area contributed by atoms with Gasteiger partial charge in [0.1, 0.15) is 12.4 Å². The van der Waals surface area contributed by atoms with E-state index in [0.29, 0.717) is 16.3 Å². The van der Waals surface area contributed by atoms with Crippen LogP contribution in [0.1, 0.15) is 24.0 Å². The second-order valence-corrected chi connectivity index (χ2v) is 5.14. The monoisotopic (exact) mass is 307 g/mol. The lowest BCUT2D eigenvalue weighted by atomic mass is 10.0. The number of anilines is 1. The molecule has 110 valence electrons. The molecular weight excluding hydrogens is 293 g/mol. The quantitative estimate of drug-likeness (QED) is 0.688. The third-order valence-electron chi connectivity index (χ3n) is 3.14. The standard InChI is InChI=1S/C16H15ClFNO2/c1-10(11-3-2-4-14(19)8-11)16(20)21-9-12-7-13(18)5-6-15(12)17/h2-8,10H,9,19H2,1H3. The van der Waals surface area contributed by atoms with Crippen molar-refractivity contribution in [3.05, 3.63) is 64.4 Å². The van der Waals surface area contributed by atoms with Crippen molar-refractivity contribution in [1.29, 1.82) is 0 Å². The Morgan fingerprint density at radius 1 is 1.33 bits per heavy atom. The fourth-order valence-electron chi connectivity index (χ4n) is 1.89. The largest absolute Gasteiger partial charge is 0.460 e. The van der Waals surface area contributed by atoms with Gasteiger partial charge in [0.25, 0.3) is 0 Å². The minimum Gasteiger partial charge on any atom is -0.460 e. The number of rotatable bonds is 4. The molecule has 21 heavy (non-hydrogen) atoms. The van der Waals surface area contributed by atoms with E-state index in [-0.39, 0.29) is 6.61 Å². The van der Waals surface area contributed by atoms with Gasteiger partial charge in [0, 0.05) is 16.3 Å². The molecule has 2 aromatic rings. The number of hydrogen-bond donors (Lipinski definition) is 1. The van der Waals surface area contributed by atoms with E-state index in [9.17, 15) is 9.18 Å². The lowest BCUT2D eigenvalue weighted by Crippen LogP contribution is -2.13. The van der Waals surface area contributed by atoms with Crippen LogP contribution in [0, 0.1) is 5.82 Å². The highest BCUT2D eigenvalue weighted by Gasteiger charge is 2.17. The Balaban J connectivity index is 2.03. The zero-order valence-corrected chi connectivity index (χ0v) is 12.2. The smallest absolute Gasteiger partial charge is 0.313 e. The first-order chi connectivity index (χ1) is 9.97. The van der Waals surface area contributed by atoms with Crippen LogP contribution in [0.3, 0.4) is 0 Å². The van der Waals surface area contributed by atoms with E-state index < -0.39 is 17.7 Å². The van der Waals surface area contributed by atoms with Gasteiger partial charge >= 0.3 is 5.97 Å². The lowest BCUT2D eigenvalue weighted by molar-refractivity contribution is -0.146. The number of halogens is 2. The average Bonchev–Trinajstić information content (AvgIpc) is 2.47. The number of ether oxygens (including phenoxy) is 1. The molecule has 0 bridgehead atoms. The maximum Gasteiger partial charge on any atom is 0.313 e. The highest BCUT2D eigenvalue weighted by atomic mass is 35.5. The van der Waals surface area contributed by atoms with Crippen molar-refractivity contribution in [3.8, 4) is 0 Å². The van der Waals surface area contributed by atoms with Gasteiger partial charge in [-0.05, 0) is 42.8 Å². The molecule has 0 aliphatic rings. The van der Waals surface area contributed by atoms with Crippen LogP contribution in [0.25, 0.3) is 0 Å².